The fourth-order valence-corrected chi connectivity index (χ4v) is 2.55. The lowest BCUT2D eigenvalue weighted by Crippen LogP contribution is -2.34. The minimum absolute atomic E-state index is 0.206. The van der Waals surface area contributed by atoms with Crippen molar-refractivity contribution in [3.63, 3.8) is 0 Å². The second-order valence-electron chi connectivity index (χ2n) is 6.04. The number of rotatable bonds is 10. The van der Waals surface area contributed by atoms with Crippen LogP contribution in [-0.2, 0) is 6.54 Å². The van der Waals surface area contributed by atoms with Gasteiger partial charge in [-0.2, -0.15) is 0 Å². The summed E-state index contributed by atoms with van der Waals surface area (Å²) in [7, 11) is 2.13. The molecule has 0 amide bonds. The molecule has 0 aliphatic rings. The van der Waals surface area contributed by atoms with Crippen LogP contribution >= 0.6 is 0 Å². The summed E-state index contributed by atoms with van der Waals surface area (Å²) in [5, 5.41) is 0. The molecule has 4 nitrogen and oxygen atoms in total. The molecule has 0 atom stereocenters. The number of halogens is 1. The molecule has 0 saturated carbocycles. The molecule has 2 aromatic rings. The van der Waals surface area contributed by atoms with Crippen molar-refractivity contribution in [1.82, 2.24) is 9.88 Å². The molecule has 24 heavy (non-hydrogen) atoms. The van der Waals surface area contributed by atoms with Crippen LogP contribution in [0.15, 0.2) is 48.7 Å². The number of hydrogen-bond acceptors (Lipinski definition) is 4. The van der Waals surface area contributed by atoms with Crippen molar-refractivity contribution < 1.29 is 4.39 Å². The van der Waals surface area contributed by atoms with Gasteiger partial charge in [0.05, 0.1) is 0 Å². The van der Waals surface area contributed by atoms with E-state index < -0.39 is 0 Å². The van der Waals surface area contributed by atoms with Gasteiger partial charge in [-0.05, 0) is 62.8 Å². The summed E-state index contributed by atoms with van der Waals surface area (Å²) in [6.07, 6.45) is 3.98. The van der Waals surface area contributed by atoms with Crippen molar-refractivity contribution in [1.29, 1.82) is 0 Å². The van der Waals surface area contributed by atoms with E-state index >= 15 is 0 Å². The van der Waals surface area contributed by atoms with Gasteiger partial charge in [0.1, 0.15) is 11.6 Å². The van der Waals surface area contributed by atoms with E-state index in [1.807, 2.05) is 30.3 Å². The minimum atomic E-state index is -0.206. The van der Waals surface area contributed by atoms with Gasteiger partial charge in [0.25, 0.3) is 0 Å². The lowest BCUT2D eigenvalue weighted by Gasteiger charge is -2.26. The molecule has 0 aliphatic heterocycles. The van der Waals surface area contributed by atoms with E-state index in [0.29, 0.717) is 6.54 Å². The van der Waals surface area contributed by atoms with Crippen molar-refractivity contribution >= 4 is 5.82 Å². The highest BCUT2D eigenvalue weighted by Crippen LogP contribution is 2.14. The summed E-state index contributed by atoms with van der Waals surface area (Å²) >= 11 is 0. The molecule has 0 aliphatic carbocycles. The molecule has 0 radical (unpaired) electrons. The van der Waals surface area contributed by atoms with Crippen molar-refractivity contribution in [3.8, 4) is 0 Å². The van der Waals surface area contributed by atoms with Gasteiger partial charge >= 0.3 is 0 Å². The molecule has 5 heteroatoms. The molecule has 1 aromatic carbocycles. The first kappa shape index (κ1) is 18.4. The molecule has 1 heterocycles. The van der Waals surface area contributed by atoms with Gasteiger partial charge in [0.15, 0.2) is 0 Å². The van der Waals surface area contributed by atoms with Crippen LogP contribution in [0.2, 0.25) is 0 Å². The maximum absolute atomic E-state index is 13.1. The number of unbranched alkanes of at least 4 members (excludes halogenated alkanes) is 1. The monoisotopic (exact) mass is 330 g/mol. The van der Waals surface area contributed by atoms with Crippen LogP contribution in [0.1, 0.15) is 18.4 Å². The Labute approximate surface area is 144 Å². The quantitative estimate of drug-likeness (QED) is 0.681. The fraction of sp³-hybridized carbons (Fsp3) is 0.421. The number of aromatic nitrogens is 1. The second kappa shape index (κ2) is 10.0. The topological polar surface area (TPSA) is 45.4 Å². The zero-order valence-electron chi connectivity index (χ0n) is 14.4. The minimum Gasteiger partial charge on any atom is -0.351 e. The molecule has 130 valence electrons. The Balaban J connectivity index is 1.97. The molecule has 1 aromatic heterocycles. The Morgan fingerprint density at radius 2 is 1.79 bits per heavy atom. The van der Waals surface area contributed by atoms with Gasteiger partial charge in [-0.25, -0.2) is 9.37 Å². The molecule has 0 fully saturated rings. The van der Waals surface area contributed by atoms with Gasteiger partial charge in [0.2, 0.25) is 0 Å². The van der Waals surface area contributed by atoms with Crippen molar-refractivity contribution in [2.24, 2.45) is 5.73 Å². The largest absolute Gasteiger partial charge is 0.351 e. The van der Waals surface area contributed by atoms with Gasteiger partial charge in [-0.3, -0.25) is 0 Å². The Morgan fingerprint density at radius 1 is 1.00 bits per heavy atom. The van der Waals surface area contributed by atoms with E-state index in [9.17, 15) is 4.39 Å². The number of likely N-dealkylation sites (N-methyl/N-ethyl adjacent to an activating group) is 1. The first-order chi connectivity index (χ1) is 11.7. The Kier molecular flexibility index (Phi) is 7.65. The van der Waals surface area contributed by atoms with E-state index in [-0.39, 0.29) is 5.82 Å². The molecule has 0 unspecified atom stereocenters. The average Bonchev–Trinajstić information content (AvgIpc) is 2.61. The van der Waals surface area contributed by atoms with E-state index in [4.69, 9.17) is 5.73 Å². The highest BCUT2D eigenvalue weighted by molar-refractivity contribution is 5.39. The zero-order valence-corrected chi connectivity index (χ0v) is 14.4. The number of nitrogens with zero attached hydrogens (tertiary/aromatic N) is 3. The van der Waals surface area contributed by atoms with Gasteiger partial charge < -0.3 is 15.5 Å². The van der Waals surface area contributed by atoms with Crippen LogP contribution in [0, 0.1) is 5.82 Å². The average molecular weight is 330 g/mol. The van der Waals surface area contributed by atoms with E-state index in [0.717, 1.165) is 50.4 Å². The standard InChI is InChI=1S/C19H27FN4/c1-23(13-5-3-11-21)14-15-24(19-6-2-4-12-22-19)16-17-7-9-18(20)10-8-17/h2,4,6-10,12H,3,5,11,13-16,21H2,1H3. The third-order valence-corrected chi connectivity index (χ3v) is 4.01. The Bertz CT molecular complexity index is 574. The normalized spacial score (nSPS) is 11.0. The van der Waals surface area contributed by atoms with E-state index in [1.165, 1.54) is 12.1 Å². The van der Waals surface area contributed by atoms with Crippen LogP contribution in [0.25, 0.3) is 0 Å². The highest BCUT2D eigenvalue weighted by Gasteiger charge is 2.10. The zero-order chi connectivity index (χ0) is 17.2. The number of anilines is 1. The van der Waals surface area contributed by atoms with Crippen LogP contribution in [0.3, 0.4) is 0 Å². The number of pyridine rings is 1. The van der Waals surface area contributed by atoms with E-state index in [1.54, 1.807) is 6.20 Å². The molecule has 0 spiro atoms. The summed E-state index contributed by atoms with van der Waals surface area (Å²) in [5.41, 5.74) is 6.62. The number of hydrogen-bond donors (Lipinski definition) is 1. The molecule has 0 saturated heterocycles. The van der Waals surface area contributed by atoms with Crippen LogP contribution in [0.4, 0.5) is 10.2 Å². The first-order valence-electron chi connectivity index (χ1n) is 8.48. The van der Waals surface area contributed by atoms with Crippen molar-refractivity contribution in [3.05, 3.63) is 60.0 Å². The predicted octanol–water partition coefficient (Wildman–Crippen LogP) is 2.90. The fourth-order valence-electron chi connectivity index (χ4n) is 2.55. The smallest absolute Gasteiger partial charge is 0.128 e. The van der Waals surface area contributed by atoms with Gasteiger partial charge in [0, 0.05) is 25.8 Å². The summed E-state index contributed by atoms with van der Waals surface area (Å²) in [6.45, 7) is 4.33. The second-order valence-corrected chi connectivity index (χ2v) is 6.04. The Hall–Kier alpha value is -1.98. The number of nitrogens with two attached hydrogens (primary N) is 1. The maximum atomic E-state index is 13.1. The lowest BCUT2D eigenvalue weighted by atomic mass is 10.2. The highest BCUT2D eigenvalue weighted by atomic mass is 19.1. The summed E-state index contributed by atoms with van der Waals surface area (Å²) in [6, 6.07) is 12.6. The SMILES string of the molecule is CN(CCCCN)CCN(Cc1ccc(F)cc1)c1ccccn1. The Morgan fingerprint density at radius 3 is 2.46 bits per heavy atom. The van der Waals surface area contributed by atoms with Gasteiger partial charge in [-0.1, -0.05) is 18.2 Å². The molecular weight excluding hydrogens is 303 g/mol. The summed E-state index contributed by atoms with van der Waals surface area (Å²) in [4.78, 5) is 9.01. The first-order valence-corrected chi connectivity index (χ1v) is 8.48. The van der Waals surface area contributed by atoms with Gasteiger partial charge in [-0.15, -0.1) is 0 Å². The molecule has 2 rings (SSSR count). The summed E-state index contributed by atoms with van der Waals surface area (Å²) in [5.74, 6) is 0.736. The molecule has 2 N–H and O–H groups in total. The van der Waals surface area contributed by atoms with Crippen LogP contribution in [-0.4, -0.2) is 43.1 Å². The molecular formula is C19H27FN4. The van der Waals surface area contributed by atoms with Crippen molar-refractivity contribution in [2.75, 3.05) is 38.1 Å². The van der Waals surface area contributed by atoms with Crippen molar-refractivity contribution in [2.45, 2.75) is 19.4 Å². The number of benzene rings is 1. The van der Waals surface area contributed by atoms with Crippen LogP contribution in [0.5, 0.6) is 0 Å². The molecule has 0 bridgehead atoms. The lowest BCUT2D eigenvalue weighted by molar-refractivity contribution is 0.331. The maximum Gasteiger partial charge on any atom is 0.128 e. The van der Waals surface area contributed by atoms with Crippen LogP contribution < -0.4 is 10.6 Å². The third-order valence-electron chi connectivity index (χ3n) is 4.01. The summed E-state index contributed by atoms with van der Waals surface area (Å²) < 4.78 is 13.1. The third kappa shape index (κ3) is 6.26. The predicted molar refractivity (Wildman–Crippen MR) is 97.5 cm³/mol. The van der Waals surface area contributed by atoms with E-state index in [2.05, 4.69) is 21.8 Å².